The summed E-state index contributed by atoms with van der Waals surface area (Å²) in [6.45, 7) is 0.226. The van der Waals surface area contributed by atoms with Crippen molar-refractivity contribution in [3.05, 3.63) is 53.0 Å². The van der Waals surface area contributed by atoms with Gasteiger partial charge in [0.15, 0.2) is 16.6 Å². The molecule has 1 aliphatic heterocycles. The molecule has 6 heteroatoms. The molecule has 22 heavy (non-hydrogen) atoms. The number of nitrogens with zero attached hydrogens (tertiary/aromatic N) is 1. The van der Waals surface area contributed by atoms with Gasteiger partial charge in [-0.25, -0.2) is 4.98 Å². The number of anilines is 2. The van der Waals surface area contributed by atoms with Crippen LogP contribution in [-0.4, -0.2) is 11.8 Å². The molecular weight excluding hydrogens is 320 g/mol. The molecule has 0 bridgehead atoms. The molecule has 0 spiro atoms. The van der Waals surface area contributed by atoms with Crippen LogP contribution >= 0.6 is 22.9 Å². The average molecular weight is 331 g/mol. The Bertz CT molecular complexity index is 821. The van der Waals surface area contributed by atoms with Gasteiger partial charge in [-0.1, -0.05) is 23.7 Å². The van der Waals surface area contributed by atoms with Crippen LogP contribution in [0.3, 0.4) is 0 Å². The normalized spacial score (nSPS) is 12.4. The minimum absolute atomic E-state index is 0.226. The fourth-order valence-corrected chi connectivity index (χ4v) is 3.14. The van der Waals surface area contributed by atoms with Crippen LogP contribution in [0.25, 0.3) is 11.1 Å². The lowest BCUT2D eigenvalue weighted by atomic mass is 10.0. The highest BCUT2D eigenvalue weighted by molar-refractivity contribution is 7.13. The lowest BCUT2D eigenvalue weighted by molar-refractivity contribution is 0.174. The summed E-state index contributed by atoms with van der Waals surface area (Å²) in [4.78, 5) is 4.27. The third kappa shape index (κ3) is 2.38. The fourth-order valence-electron chi connectivity index (χ4n) is 2.41. The molecule has 110 valence electrons. The van der Waals surface area contributed by atoms with Crippen molar-refractivity contribution in [1.82, 2.24) is 4.98 Å². The number of nitrogens with one attached hydrogen (secondary N) is 1. The molecule has 0 radical (unpaired) electrons. The number of thiazole rings is 1. The van der Waals surface area contributed by atoms with Crippen molar-refractivity contribution in [2.45, 2.75) is 0 Å². The van der Waals surface area contributed by atoms with E-state index in [2.05, 4.69) is 10.3 Å². The Hall–Kier alpha value is -2.24. The molecule has 0 unspecified atom stereocenters. The zero-order valence-corrected chi connectivity index (χ0v) is 12.9. The first kappa shape index (κ1) is 13.4. The van der Waals surface area contributed by atoms with Gasteiger partial charge in [0.2, 0.25) is 6.79 Å². The van der Waals surface area contributed by atoms with E-state index in [1.54, 1.807) is 6.20 Å². The standard InChI is InChI=1S/C16H11ClN2O2S/c17-11-3-1-2-10(8-11)14-12(19-16-18-6-7-22-16)4-5-13-15(14)21-9-20-13/h1-8H,9H2,(H,18,19). The highest BCUT2D eigenvalue weighted by Gasteiger charge is 2.22. The van der Waals surface area contributed by atoms with Crippen LogP contribution in [0.4, 0.5) is 10.8 Å². The predicted octanol–water partition coefficient (Wildman–Crippen LogP) is 4.94. The lowest BCUT2D eigenvalue weighted by Gasteiger charge is -2.13. The first-order valence-corrected chi connectivity index (χ1v) is 7.92. The summed E-state index contributed by atoms with van der Waals surface area (Å²) in [6.07, 6.45) is 1.76. The minimum Gasteiger partial charge on any atom is -0.454 e. The van der Waals surface area contributed by atoms with Gasteiger partial charge in [-0.05, 0) is 29.8 Å². The van der Waals surface area contributed by atoms with E-state index >= 15 is 0 Å². The summed E-state index contributed by atoms with van der Waals surface area (Å²) >= 11 is 7.68. The van der Waals surface area contributed by atoms with Gasteiger partial charge < -0.3 is 14.8 Å². The first-order valence-electron chi connectivity index (χ1n) is 6.66. The molecule has 4 rings (SSSR count). The van der Waals surface area contributed by atoms with Crippen LogP contribution in [0.1, 0.15) is 0 Å². The van der Waals surface area contributed by atoms with Crippen LogP contribution in [0.2, 0.25) is 5.02 Å². The largest absolute Gasteiger partial charge is 0.454 e. The quantitative estimate of drug-likeness (QED) is 0.739. The molecule has 1 aromatic heterocycles. The van der Waals surface area contributed by atoms with E-state index in [1.807, 2.05) is 41.8 Å². The molecule has 2 aromatic carbocycles. The van der Waals surface area contributed by atoms with E-state index in [0.29, 0.717) is 5.02 Å². The third-order valence-electron chi connectivity index (χ3n) is 3.33. The second-order valence-electron chi connectivity index (χ2n) is 4.69. The van der Waals surface area contributed by atoms with Gasteiger partial charge in [0.05, 0.1) is 11.3 Å². The van der Waals surface area contributed by atoms with Crippen molar-refractivity contribution in [3.63, 3.8) is 0 Å². The third-order valence-corrected chi connectivity index (χ3v) is 4.25. The smallest absolute Gasteiger partial charge is 0.231 e. The van der Waals surface area contributed by atoms with Crippen LogP contribution in [-0.2, 0) is 0 Å². The summed E-state index contributed by atoms with van der Waals surface area (Å²) in [5.41, 5.74) is 2.79. The Morgan fingerprint density at radius 1 is 1.18 bits per heavy atom. The van der Waals surface area contributed by atoms with Crippen molar-refractivity contribution in [2.75, 3.05) is 12.1 Å². The number of aromatic nitrogens is 1. The highest BCUT2D eigenvalue weighted by atomic mass is 35.5. The number of ether oxygens (including phenoxy) is 2. The average Bonchev–Trinajstić information content (AvgIpc) is 3.18. The number of halogens is 1. The summed E-state index contributed by atoms with van der Waals surface area (Å²) < 4.78 is 11.1. The first-order chi connectivity index (χ1) is 10.8. The molecule has 0 fully saturated rings. The summed E-state index contributed by atoms with van der Waals surface area (Å²) in [7, 11) is 0. The van der Waals surface area contributed by atoms with Gasteiger partial charge in [0.25, 0.3) is 0 Å². The Morgan fingerprint density at radius 2 is 2.14 bits per heavy atom. The molecule has 0 amide bonds. The van der Waals surface area contributed by atoms with Crippen LogP contribution < -0.4 is 14.8 Å². The molecule has 0 atom stereocenters. The molecule has 2 heterocycles. The lowest BCUT2D eigenvalue weighted by Crippen LogP contribution is -1.96. The number of hydrogen-bond donors (Lipinski definition) is 1. The second-order valence-corrected chi connectivity index (χ2v) is 6.03. The van der Waals surface area contributed by atoms with Gasteiger partial charge in [0, 0.05) is 16.6 Å². The Balaban J connectivity index is 1.88. The van der Waals surface area contributed by atoms with Gasteiger partial charge in [0.1, 0.15) is 0 Å². The molecule has 1 aliphatic rings. The van der Waals surface area contributed by atoms with Crippen molar-refractivity contribution in [3.8, 4) is 22.6 Å². The Kier molecular flexibility index (Phi) is 3.36. The van der Waals surface area contributed by atoms with Gasteiger partial charge in [-0.3, -0.25) is 0 Å². The molecule has 0 aliphatic carbocycles. The van der Waals surface area contributed by atoms with Crippen molar-refractivity contribution < 1.29 is 9.47 Å². The van der Waals surface area contributed by atoms with Crippen molar-refractivity contribution >= 4 is 33.8 Å². The maximum Gasteiger partial charge on any atom is 0.231 e. The zero-order chi connectivity index (χ0) is 14.9. The van der Waals surface area contributed by atoms with Gasteiger partial charge in [-0.2, -0.15) is 0 Å². The zero-order valence-electron chi connectivity index (χ0n) is 11.4. The molecule has 1 N–H and O–H groups in total. The van der Waals surface area contributed by atoms with E-state index < -0.39 is 0 Å². The van der Waals surface area contributed by atoms with E-state index in [4.69, 9.17) is 21.1 Å². The van der Waals surface area contributed by atoms with E-state index in [-0.39, 0.29) is 6.79 Å². The van der Waals surface area contributed by atoms with E-state index in [9.17, 15) is 0 Å². The Morgan fingerprint density at radius 3 is 2.95 bits per heavy atom. The number of fused-ring (bicyclic) bond motifs is 1. The number of rotatable bonds is 3. The van der Waals surface area contributed by atoms with Gasteiger partial charge in [-0.15, -0.1) is 11.3 Å². The molecule has 0 saturated heterocycles. The van der Waals surface area contributed by atoms with Crippen LogP contribution in [0.15, 0.2) is 48.0 Å². The molecule has 3 aromatic rings. The van der Waals surface area contributed by atoms with Crippen molar-refractivity contribution in [2.24, 2.45) is 0 Å². The fraction of sp³-hybridized carbons (Fsp3) is 0.0625. The monoisotopic (exact) mass is 330 g/mol. The Labute approximate surface area is 136 Å². The molecular formula is C16H11ClN2O2S. The SMILES string of the molecule is Clc1cccc(-c2c(Nc3nccs3)ccc3c2OCO3)c1. The topological polar surface area (TPSA) is 43.4 Å². The minimum atomic E-state index is 0.226. The van der Waals surface area contributed by atoms with E-state index in [0.717, 1.165) is 33.4 Å². The van der Waals surface area contributed by atoms with Crippen molar-refractivity contribution in [1.29, 1.82) is 0 Å². The number of hydrogen-bond acceptors (Lipinski definition) is 5. The highest BCUT2D eigenvalue weighted by Crippen LogP contribution is 2.47. The van der Waals surface area contributed by atoms with Gasteiger partial charge >= 0.3 is 0 Å². The summed E-state index contributed by atoms with van der Waals surface area (Å²) in [6, 6.07) is 11.5. The summed E-state index contributed by atoms with van der Waals surface area (Å²) in [5, 5.41) is 6.75. The predicted molar refractivity (Wildman–Crippen MR) is 88.4 cm³/mol. The maximum absolute atomic E-state index is 6.14. The number of benzene rings is 2. The molecule has 4 nitrogen and oxygen atoms in total. The maximum atomic E-state index is 6.14. The summed E-state index contributed by atoms with van der Waals surface area (Å²) in [5.74, 6) is 1.46. The van der Waals surface area contributed by atoms with E-state index in [1.165, 1.54) is 11.3 Å². The molecule has 0 saturated carbocycles. The second kappa shape index (κ2) is 5.51. The van der Waals surface area contributed by atoms with Crippen LogP contribution in [0, 0.1) is 0 Å². The van der Waals surface area contributed by atoms with Crippen LogP contribution in [0.5, 0.6) is 11.5 Å².